The SMILES string of the molecule is NC(=O)C1(NC2CC2)CCC(N2Cc3ccccc3C2)C1. The average molecular weight is 285 g/mol. The molecule has 0 aromatic heterocycles. The van der Waals surface area contributed by atoms with Crippen LogP contribution in [0.15, 0.2) is 24.3 Å². The van der Waals surface area contributed by atoms with Crippen LogP contribution in [0.4, 0.5) is 0 Å². The summed E-state index contributed by atoms with van der Waals surface area (Å²) in [4.78, 5) is 14.5. The van der Waals surface area contributed by atoms with Crippen LogP contribution >= 0.6 is 0 Å². The minimum atomic E-state index is -0.458. The molecule has 4 heteroatoms. The lowest BCUT2D eigenvalue weighted by Gasteiger charge is -2.29. The molecule has 0 saturated heterocycles. The van der Waals surface area contributed by atoms with Crippen LogP contribution in [0, 0.1) is 0 Å². The summed E-state index contributed by atoms with van der Waals surface area (Å²) >= 11 is 0. The van der Waals surface area contributed by atoms with Gasteiger partial charge in [-0.25, -0.2) is 0 Å². The Kier molecular flexibility index (Phi) is 3.05. The second kappa shape index (κ2) is 4.82. The molecule has 4 rings (SSSR count). The molecule has 1 aromatic carbocycles. The number of carbonyl (C=O) groups is 1. The van der Waals surface area contributed by atoms with Crippen molar-refractivity contribution in [3.05, 3.63) is 35.4 Å². The van der Waals surface area contributed by atoms with Crippen molar-refractivity contribution in [1.82, 2.24) is 10.2 Å². The molecular weight excluding hydrogens is 262 g/mol. The van der Waals surface area contributed by atoms with Crippen LogP contribution < -0.4 is 11.1 Å². The fourth-order valence-electron chi connectivity index (χ4n) is 3.99. The van der Waals surface area contributed by atoms with E-state index in [1.165, 1.54) is 24.0 Å². The second-order valence-electron chi connectivity index (χ2n) is 6.94. The number of carbonyl (C=O) groups excluding carboxylic acids is 1. The number of amides is 1. The van der Waals surface area contributed by atoms with Crippen molar-refractivity contribution in [2.24, 2.45) is 5.73 Å². The molecule has 0 spiro atoms. The van der Waals surface area contributed by atoms with Gasteiger partial charge in [0.25, 0.3) is 0 Å². The topological polar surface area (TPSA) is 58.4 Å². The molecular formula is C17H23N3O. The first kappa shape index (κ1) is 13.3. The van der Waals surface area contributed by atoms with Crippen molar-refractivity contribution < 1.29 is 4.79 Å². The van der Waals surface area contributed by atoms with Gasteiger partial charge in [0.15, 0.2) is 0 Å². The molecule has 2 fully saturated rings. The third-order valence-corrected chi connectivity index (χ3v) is 5.40. The predicted octanol–water partition coefficient (Wildman–Crippen LogP) is 1.53. The third kappa shape index (κ3) is 2.36. The zero-order chi connectivity index (χ0) is 14.4. The largest absolute Gasteiger partial charge is 0.368 e. The Bertz CT molecular complexity index is 544. The van der Waals surface area contributed by atoms with Gasteiger partial charge >= 0.3 is 0 Å². The van der Waals surface area contributed by atoms with E-state index in [4.69, 9.17) is 5.73 Å². The summed E-state index contributed by atoms with van der Waals surface area (Å²) in [6.07, 6.45) is 5.20. The van der Waals surface area contributed by atoms with Crippen LogP contribution in [0.3, 0.4) is 0 Å². The Morgan fingerprint density at radius 1 is 1.19 bits per heavy atom. The van der Waals surface area contributed by atoms with Crippen LogP contribution in [0.2, 0.25) is 0 Å². The molecule has 2 unspecified atom stereocenters. The number of hydrogen-bond acceptors (Lipinski definition) is 3. The van der Waals surface area contributed by atoms with E-state index in [1.54, 1.807) is 0 Å². The third-order valence-electron chi connectivity index (χ3n) is 5.40. The zero-order valence-corrected chi connectivity index (χ0v) is 12.3. The summed E-state index contributed by atoms with van der Waals surface area (Å²) in [6.45, 7) is 2.03. The van der Waals surface area contributed by atoms with E-state index in [9.17, 15) is 4.79 Å². The normalized spacial score (nSPS) is 32.3. The fraction of sp³-hybridized carbons (Fsp3) is 0.588. The number of nitrogens with two attached hydrogens (primary N) is 1. The highest BCUT2D eigenvalue weighted by atomic mass is 16.1. The molecule has 0 bridgehead atoms. The van der Waals surface area contributed by atoms with Gasteiger partial charge in [0, 0.05) is 25.2 Å². The van der Waals surface area contributed by atoms with Crippen molar-refractivity contribution in [2.75, 3.05) is 0 Å². The monoisotopic (exact) mass is 285 g/mol. The van der Waals surface area contributed by atoms with Crippen molar-refractivity contribution in [1.29, 1.82) is 0 Å². The lowest BCUT2D eigenvalue weighted by molar-refractivity contribution is -0.124. The summed E-state index contributed by atoms with van der Waals surface area (Å²) < 4.78 is 0. The molecule has 2 aliphatic carbocycles. The lowest BCUT2D eigenvalue weighted by atomic mass is 9.96. The molecule has 4 nitrogen and oxygen atoms in total. The van der Waals surface area contributed by atoms with Crippen molar-refractivity contribution >= 4 is 5.91 Å². The molecule has 1 heterocycles. The lowest BCUT2D eigenvalue weighted by Crippen LogP contribution is -2.55. The summed E-state index contributed by atoms with van der Waals surface area (Å²) in [5.74, 6) is -0.159. The van der Waals surface area contributed by atoms with Crippen LogP contribution in [0.5, 0.6) is 0 Å². The van der Waals surface area contributed by atoms with Crippen LogP contribution in [0.1, 0.15) is 43.2 Å². The molecule has 112 valence electrons. The number of rotatable bonds is 4. The molecule has 1 aromatic rings. The summed E-state index contributed by atoms with van der Waals surface area (Å²) in [7, 11) is 0. The maximum atomic E-state index is 12.0. The smallest absolute Gasteiger partial charge is 0.237 e. The zero-order valence-electron chi connectivity index (χ0n) is 12.3. The van der Waals surface area contributed by atoms with E-state index in [-0.39, 0.29) is 5.91 Å². The quantitative estimate of drug-likeness (QED) is 0.882. The number of nitrogens with one attached hydrogen (secondary N) is 1. The Morgan fingerprint density at radius 3 is 2.43 bits per heavy atom. The van der Waals surface area contributed by atoms with Crippen molar-refractivity contribution in [3.63, 3.8) is 0 Å². The Morgan fingerprint density at radius 2 is 1.86 bits per heavy atom. The minimum Gasteiger partial charge on any atom is -0.368 e. The highest BCUT2D eigenvalue weighted by Crippen LogP contribution is 2.38. The molecule has 3 N–H and O–H groups in total. The maximum absolute atomic E-state index is 12.0. The molecule has 2 saturated carbocycles. The average Bonchev–Trinajstić information content (AvgIpc) is 3.02. The number of hydrogen-bond donors (Lipinski definition) is 2. The minimum absolute atomic E-state index is 0.159. The molecule has 2 atom stereocenters. The molecule has 1 amide bonds. The van der Waals surface area contributed by atoms with Crippen LogP contribution in [-0.4, -0.2) is 28.4 Å². The van der Waals surface area contributed by atoms with Crippen molar-refractivity contribution in [2.45, 2.75) is 62.8 Å². The maximum Gasteiger partial charge on any atom is 0.237 e. The van der Waals surface area contributed by atoms with Crippen molar-refractivity contribution in [3.8, 4) is 0 Å². The van der Waals surface area contributed by atoms with E-state index in [0.29, 0.717) is 12.1 Å². The van der Waals surface area contributed by atoms with E-state index < -0.39 is 5.54 Å². The Hall–Kier alpha value is -1.39. The predicted molar refractivity (Wildman–Crippen MR) is 81.4 cm³/mol. The number of nitrogens with zero attached hydrogens (tertiary/aromatic N) is 1. The highest BCUT2D eigenvalue weighted by molar-refractivity contribution is 5.85. The Balaban J connectivity index is 1.47. The molecule has 21 heavy (non-hydrogen) atoms. The van der Waals surface area contributed by atoms with Gasteiger partial charge in [0.1, 0.15) is 0 Å². The van der Waals surface area contributed by atoms with Gasteiger partial charge in [-0.3, -0.25) is 9.69 Å². The van der Waals surface area contributed by atoms with E-state index in [1.807, 2.05) is 0 Å². The first-order valence-corrected chi connectivity index (χ1v) is 8.05. The standard InChI is InChI=1S/C17H23N3O/c18-16(21)17(19-14-5-6-14)8-7-15(9-17)20-10-12-3-1-2-4-13(12)11-20/h1-4,14-15,19H,5-11H2,(H2,18,21). The molecule has 0 radical (unpaired) electrons. The van der Waals surface area contributed by atoms with Gasteiger partial charge in [-0.2, -0.15) is 0 Å². The molecule has 1 aliphatic heterocycles. The van der Waals surface area contributed by atoms with Gasteiger partial charge in [0.2, 0.25) is 5.91 Å². The fourth-order valence-corrected chi connectivity index (χ4v) is 3.99. The first-order chi connectivity index (χ1) is 10.2. The summed E-state index contributed by atoms with van der Waals surface area (Å²) in [6, 6.07) is 9.64. The van der Waals surface area contributed by atoms with Gasteiger partial charge in [0.05, 0.1) is 5.54 Å². The molecule has 3 aliphatic rings. The van der Waals surface area contributed by atoms with Crippen LogP contribution in [0.25, 0.3) is 0 Å². The second-order valence-corrected chi connectivity index (χ2v) is 6.94. The Labute approximate surface area is 125 Å². The highest BCUT2D eigenvalue weighted by Gasteiger charge is 2.48. The van der Waals surface area contributed by atoms with Crippen LogP contribution in [-0.2, 0) is 17.9 Å². The number of benzene rings is 1. The van der Waals surface area contributed by atoms with Gasteiger partial charge in [-0.05, 0) is 43.2 Å². The van der Waals surface area contributed by atoms with Gasteiger partial charge < -0.3 is 11.1 Å². The number of fused-ring (bicyclic) bond motifs is 1. The van der Waals surface area contributed by atoms with E-state index in [0.717, 1.165) is 32.4 Å². The summed E-state index contributed by atoms with van der Waals surface area (Å²) in [5.41, 5.74) is 8.15. The number of primary amides is 1. The van der Waals surface area contributed by atoms with E-state index in [2.05, 4.69) is 34.5 Å². The van der Waals surface area contributed by atoms with Gasteiger partial charge in [-0.1, -0.05) is 24.3 Å². The van der Waals surface area contributed by atoms with Gasteiger partial charge in [-0.15, -0.1) is 0 Å². The van der Waals surface area contributed by atoms with E-state index >= 15 is 0 Å². The first-order valence-electron chi connectivity index (χ1n) is 8.05. The summed E-state index contributed by atoms with van der Waals surface area (Å²) in [5, 5.41) is 3.54.